The minimum absolute atomic E-state index is 0.0945. The number of amides is 1. The van der Waals surface area contributed by atoms with Gasteiger partial charge in [0.1, 0.15) is 0 Å². The Morgan fingerprint density at radius 3 is 2.50 bits per heavy atom. The van der Waals surface area contributed by atoms with Crippen LogP contribution in [0.5, 0.6) is 0 Å². The van der Waals surface area contributed by atoms with Crippen molar-refractivity contribution in [1.29, 1.82) is 0 Å². The van der Waals surface area contributed by atoms with Crippen molar-refractivity contribution in [2.45, 2.75) is 32.6 Å². The number of carbonyl (C=O) groups excluding carboxylic acids is 1. The fourth-order valence-corrected chi connectivity index (χ4v) is 3.51. The summed E-state index contributed by atoms with van der Waals surface area (Å²) in [4.78, 5) is 14.7. The van der Waals surface area contributed by atoms with Gasteiger partial charge in [-0.3, -0.25) is 4.79 Å². The summed E-state index contributed by atoms with van der Waals surface area (Å²) in [6, 6.07) is 9.57. The average molecular weight is 351 g/mol. The maximum atomic E-state index is 12.8. The Morgan fingerprint density at radius 2 is 1.85 bits per heavy atom. The molecule has 0 N–H and O–H groups in total. The van der Waals surface area contributed by atoms with Gasteiger partial charge >= 0.3 is 0 Å². The molecule has 1 saturated heterocycles. The van der Waals surface area contributed by atoms with Gasteiger partial charge in [0, 0.05) is 24.6 Å². The van der Waals surface area contributed by atoms with E-state index in [2.05, 4.69) is 16.3 Å². The van der Waals surface area contributed by atoms with Crippen molar-refractivity contribution in [2.24, 2.45) is 0 Å². The van der Waals surface area contributed by atoms with Crippen molar-refractivity contribution < 1.29 is 13.6 Å². The van der Waals surface area contributed by atoms with Crippen LogP contribution in [0.4, 0.5) is 0 Å². The second-order valence-corrected chi connectivity index (χ2v) is 6.87. The molecule has 1 aliphatic rings. The summed E-state index contributed by atoms with van der Waals surface area (Å²) in [6.07, 6.45) is 3.21. The van der Waals surface area contributed by atoms with E-state index < -0.39 is 0 Å². The molecule has 4 rings (SSSR count). The predicted octanol–water partition coefficient (Wildman–Crippen LogP) is 3.97. The molecule has 134 valence electrons. The summed E-state index contributed by atoms with van der Waals surface area (Å²) in [7, 11) is 0. The predicted molar refractivity (Wildman–Crippen MR) is 95.8 cm³/mol. The van der Waals surface area contributed by atoms with E-state index in [1.165, 1.54) is 0 Å². The van der Waals surface area contributed by atoms with Crippen LogP contribution in [0.15, 0.2) is 45.4 Å². The van der Waals surface area contributed by atoms with Crippen molar-refractivity contribution in [3.63, 3.8) is 0 Å². The Hall–Kier alpha value is -2.89. The van der Waals surface area contributed by atoms with Gasteiger partial charge < -0.3 is 13.7 Å². The monoisotopic (exact) mass is 351 g/mol. The minimum Gasteiger partial charge on any atom is -0.459 e. The van der Waals surface area contributed by atoms with Crippen LogP contribution in [0.1, 0.15) is 46.1 Å². The van der Waals surface area contributed by atoms with E-state index in [0.29, 0.717) is 30.6 Å². The highest BCUT2D eigenvalue weighted by molar-refractivity contribution is 5.94. The van der Waals surface area contributed by atoms with Gasteiger partial charge in [0.05, 0.1) is 6.26 Å². The number of benzene rings is 1. The first-order chi connectivity index (χ1) is 12.6. The molecule has 2 aromatic heterocycles. The standard InChI is InChI=1S/C20H21N3O3/c1-13-10-14(2)12-16(11-13)20(24)23-7-5-15(6-8-23)18-21-22-19(26-18)17-4-3-9-25-17/h3-4,9-12,15H,5-8H2,1-2H3. The van der Waals surface area contributed by atoms with Crippen molar-refractivity contribution >= 4 is 5.91 Å². The Balaban J connectivity index is 1.42. The maximum Gasteiger partial charge on any atom is 0.283 e. The highest BCUT2D eigenvalue weighted by Crippen LogP contribution is 2.30. The number of piperidine rings is 1. The SMILES string of the molecule is Cc1cc(C)cc(C(=O)N2CCC(c3nnc(-c4ccco4)o3)CC2)c1. The van der Waals surface area contributed by atoms with Crippen molar-refractivity contribution in [2.75, 3.05) is 13.1 Å². The zero-order chi connectivity index (χ0) is 18.1. The van der Waals surface area contributed by atoms with Crippen LogP contribution in [0, 0.1) is 13.8 Å². The molecule has 0 spiro atoms. The lowest BCUT2D eigenvalue weighted by molar-refractivity contribution is 0.0706. The summed E-state index contributed by atoms with van der Waals surface area (Å²) in [5.41, 5.74) is 2.98. The van der Waals surface area contributed by atoms with Crippen LogP contribution in [0.3, 0.4) is 0 Å². The fourth-order valence-electron chi connectivity index (χ4n) is 3.51. The number of hydrogen-bond acceptors (Lipinski definition) is 5. The van der Waals surface area contributed by atoms with Gasteiger partial charge in [-0.1, -0.05) is 17.2 Å². The van der Waals surface area contributed by atoms with E-state index in [9.17, 15) is 4.79 Å². The van der Waals surface area contributed by atoms with E-state index >= 15 is 0 Å². The lowest BCUT2D eigenvalue weighted by Crippen LogP contribution is -2.38. The number of likely N-dealkylation sites (tertiary alicyclic amines) is 1. The minimum atomic E-state index is 0.0945. The van der Waals surface area contributed by atoms with Crippen molar-refractivity contribution in [1.82, 2.24) is 15.1 Å². The summed E-state index contributed by atoms with van der Waals surface area (Å²) in [6.45, 7) is 5.41. The summed E-state index contributed by atoms with van der Waals surface area (Å²) < 4.78 is 11.0. The second kappa shape index (κ2) is 6.78. The molecule has 0 radical (unpaired) electrons. The first-order valence-corrected chi connectivity index (χ1v) is 8.85. The van der Waals surface area contributed by atoms with Crippen LogP contribution in [0.2, 0.25) is 0 Å². The first-order valence-electron chi connectivity index (χ1n) is 8.85. The van der Waals surface area contributed by atoms with Gasteiger partial charge in [-0.25, -0.2) is 0 Å². The number of carbonyl (C=O) groups is 1. The third kappa shape index (κ3) is 3.27. The van der Waals surface area contributed by atoms with Crippen molar-refractivity contribution in [3.05, 3.63) is 59.2 Å². The number of hydrogen-bond donors (Lipinski definition) is 0. The summed E-state index contributed by atoms with van der Waals surface area (Å²) in [5, 5.41) is 8.23. The van der Waals surface area contributed by atoms with Crippen LogP contribution < -0.4 is 0 Å². The smallest absolute Gasteiger partial charge is 0.283 e. The highest BCUT2D eigenvalue weighted by Gasteiger charge is 2.28. The molecule has 6 heteroatoms. The molecule has 0 atom stereocenters. The molecule has 0 aliphatic carbocycles. The summed E-state index contributed by atoms with van der Waals surface area (Å²) >= 11 is 0. The molecule has 0 bridgehead atoms. The van der Waals surface area contributed by atoms with Gasteiger partial charge in [-0.2, -0.15) is 0 Å². The number of furan rings is 1. The van der Waals surface area contributed by atoms with Gasteiger partial charge in [0.25, 0.3) is 11.8 Å². The maximum absolute atomic E-state index is 12.8. The number of nitrogens with zero attached hydrogens (tertiary/aromatic N) is 3. The lowest BCUT2D eigenvalue weighted by Gasteiger charge is -2.30. The normalized spacial score (nSPS) is 15.4. The Labute approximate surface area is 151 Å². The molecule has 26 heavy (non-hydrogen) atoms. The number of aryl methyl sites for hydroxylation is 2. The Morgan fingerprint density at radius 1 is 1.12 bits per heavy atom. The molecule has 1 aromatic carbocycles. The van der Waals surface area contributed by atoms with Crippen molar-refractivity contribution in [3.8, 4) is 11.7 Å². The van der Waals surface area contributed by atoms with Gasteiger partial charge in [-0.05, 0) is 51.0 Å². The molecule has 1 amide bonds. The number of rotatable bonds is 3. The summed E-state index contributed by atoms with van der Waals surface area (Å²) in [5.74, 6) is 1.87. The zero-order valence-electron chi connectivity index (χ0n) is 14.9. The Bertz CT molecular complexity index is 886. The molecule has 0 unspecified atom stereocenters. The molecular formula is C20H21N3O3. The first kappa shape index (κ1) is 16.6. The van der Waals surface area contributed by atoms with E-state index in [-0.39, 0.29) is 11.8 Å². The van der Waals surface area contributed by atoms with Crippen LogP contribution in [-0.2, 0) is 0 Å². The fraction of sp³-hybridized carbons (Fsp3) is 0.350. The van der Waals surface area contributed by atoms with E-state index in [1.54, 1.807) is 18.4 Å². The second-order valence-electron chi connectivity index (χ2n) is 6.87. The molecular weight excluding hydrogens is 330 g/mol. The van der Waals surface area contributed by atoms with E-state index in [4.69, 9.17) is 8.83 Å². The molecule has 3 heterocycles. The highest BCUT2D eigenvalue weighted by atomic mass is 16.4. The Kier molecular flexibility index (Phi) is 4.32. The molecule has 3 aromatic rings. The third-order valence-corrected chi connectivity index (χ3v) is 4.77. The quantitative estimate of drug-likeness (QED) is 0.714. The van der Waals surface area contributed by atoms with Crippen LogP contribution in [0.25, 0.3) is 11.7 Å². The average Bonchev–Trinajstić information content (AvgIpc) is 3.32. The molecule has 1 fully saturated rings. The van der Waals surface area contributed by atoms with Crippen LogP contribution >= 0.6 is 0 Å². The molecule has 6 nitrogen and oxygen atoms in total. The largest absolute Gasteiger partial charge is 0.459 e. The molecule has 1 aliphatic heterocycles. The third-order valence-electron chi connectivity index (χ3n) is 4.77. The topological polar surface area (TPSA) is 72.4 Å². The van der Waals surface area contributed by atoms with Gasteiger partial charge in [0.15, 0.2) is 5.76 Å². The van der Waals surface area contributed by atoms with Crippen LogP contribution in [-0.4, -0.2) is 34.1 Å². The number of aromatic nitrogens is 2. The molecule has 0 saturated carbocycles. The van der Waals surface area contributed by atoms with Gasteiger partial charge in [-0.15, -0.1) is 10.2 Å². The van der Waals surface area contributed by atoms with E-state index in [1.807, 2.05) is 30.9 Å². The lowest BCUT2D eigenvalue weighted by atomic mass is 9.96. The van der Waals surface area contributed by atoms with E-state index in [0.717, 1.165) is 29.5 Å². The van der Waals surface area contributed by atoms with Gasteiger partial charge in [0.2, 0.25) is 5.89 Å². The zero-order valence-corrected chi connectivity index (χ0v) is 14.9.